The van der Waals surface area contributed by atoms with Gasteiger partial charge in [-0.1, -0.05) is 0 Å². The van der Waals surface area contributed by atoms with Gasteiger partial charge in [0.2, 0.25) is 5.95 Å². The predicted molar refractivity (Wildman–Crippen MR) is 251 cm³/mol. The number of hydrogen-bond acceptors (Lipinski definition) is 22. The van der Waals surface area contributed by atoms with Gasteiger partial charge in [0.05, 0.1) is 42.6 Å². The van der Waals surface area contributed by atoms with Gasteiger partial charge in [0.1, 0.15) is 30.4 Å². The Labute approximate surface area is 430 Å². The van der Waals surface area contributed by atoms with E-state index in [0.29, 0.717) is 22.4 Å². The monoisotopic (exact) mass is 1020 g/mol. The van der Waals surface area contributed by atoms with Crippen LogP contribution in [0.3, 0.4) is 0 Å². The molecule has 4 heterocycles. The Balaban J connectivity index is 0.000000625. The van der Waals surface area contributed by atoms with Gasteiger partial charge in [-0.25, -0.2) is 29.3 Å². The van der Waals surface area contributed by atoms with Crippen LogP contribution in [0, 0.1) is 13.8 Å². The second-order valence-electron chi connectivity index (χ2n) is 14.7. The number of aryl methyl sites for hydroxylation is 2. The number of anilines is 2. The standard InChI is InChI=1S/C20H19N7O8.C17H20N4O6.C3H7NO2S.Ca.2H/c21-19-26-15-14(17(30)27-19)24-11(8-23-15)7-22-10-3-1-9(2-4-10)16(29)25-12(18(31)32)5-6-13(28)35-20(33)34;1-7-3-9-10(4-8(7)2)21(5-11(23)14(25)12(24)6-22)15-13(18-9)16(26)20-17(27)19-15;4-2(1-7)3(5)6;;;/h1-4,8,12,22H,5-7H2,(H,25,29)(H,31,32)(H,33,34)(H3,21,23,26,27,30);3-4,11-12,14,22-25H,5-6H2,1-2H3,(H,20,26,27);2,7H,1,4H2,(H,5,6);;;/q;;;+2;2*-1/t12-;11-,12+,14-;2-;;;/m000.../s1. The summed E-state index contributed by atoms with van der Waals surface area (Å²) in [7, 11) is 0. The molecule has 70 heavy (non-hydrogen) atoms. The summed E-state index contributed by atoms with van der Waals surface area (Å²) in [6.07, 6.45) is -5.92. The SMILES string of the molecule is Cc1cc2nc3c(=O)[nH]c(=O)nc-3n(C[C@H](O)[C@H](O)[C@H](O)CO)c2cc1C.N[C@@H](CS)C(=O)O.Nc1nc2ncc(CNc3ccc(C(=O)N[C@@H](CCC(=O)OC(=O)O)C(=O)O)cc3)nc2c(=O)[nH]1.[Ca+2].[H-].[H-]. The fourth-order valence-electron chi connectivity index (χ4n) is 5.87. The molecule has 0 saturated heterocycles. The summed E-state index contributed by atoms with van der Waals surface area (Å²) in [5.41, 5.74) is 12.3. The van der Waals surface area contributed by atoms with Crippen LogP contribution in [0.15, 0.2) is 57.0 Å². The third kappa shape index (κ3) is 15.9. The molecule has 0 bridgehead atoms. The number of amides is 1. The number of nitrogens with zero attached hydrogens (tertiary/aromatic N) is 6. The average Bonchev–Trinajstić information content (AvgIpc) is 3.29. The fraction of sp³-hybridized carbons (Fsp3) is 0.325. The molecule has 0 saturated carbocycles. The number of aromatic nitrogens is 8. The summed E-state index contributed by atoms with van der Waals surface area (Å²) in [5, 5.41) is 69.7. The first kappa shape index (κ1) is 57.6. The molecule has 0 fully saturated rings. The Kier molecular flexibility index (Phi) is 21.7. The van der Waals surface area contributed by atoms with Gasteiger partial charge in [-0.2, -0.15) is 22.6 Å². The molecule has 0 spiro atoms. The first-order valence-corrected chi connectivity index (χ1v) is 20.6. The molecule has 0 unspecified atom stereocenters. The van der Waals surface area contributed by atoms with Crippen LogP contribution in [-0.4, -0.2) is 186 Å². The van der Waals surface area contributed by atoms with E-state index in [9.17, 15) is 58.8 Å². The van der Waals surface area contributed by atoms with E-state index in [4.69, 9.17) is 26.8 Å². The molecule has 28 nitrogen and oxygen atoms in total. The number of benzene rings is 2. The van der Waals surface area contributed by atoms with E-state index >= 15 is 0 Å². The molecule has 6 rings (SSSR count). The molecule has 2 aliphatic heterocycles. The smallest absolute Gasteiger partial charge is 1.00 e. The molecule has 30 heteroatoms. The Bertz CT molecular complexity index is 3010. The Morgan fingerprint density at radius 1 is 0.900 bits per heavy atom. The van der Waals surface area contributed by atoms with Crippen molar-refractivity contribution in [3.63, 3.8) is 0 Å². The number of aliphatic carboxylic acids is 2. The van der Waals surface area contributed by atoms with E-state index in [1.165, 1.54) is 22.9 Å². The maximum atomic E-state index is 12.4. The predicted octanol–water partition coefficient (Wildman–Crippen LogP) is -2.46. The first-order chi connectivity index (χ1) is 32.5. The van der Waals surface area contributed by atoms with Crippen LogP contribution in [0.4, 0.5) is 16.4 Å². The minimum absolute atomic E-state index is 0. The molecule has 15 N–H and O–H groups in total. The van der Waals surface area contributed by atoms with Crippen LogP contribution < -0.4 is 38.9 Å². The number of nitrogen functional groups attached to an aromatic ring is 1. The number of thiol groups is 1. The van der Waals surface area contributed by atoms with Crippen LogP contribution in [0.5, 0.6) is 0 Å². The number of nitrogens with one attached hydrogen (secondary N) is 4. The number of fused-ring (bicyclic) bond motifs is 3. The van der Waals surface area contributed by atoms with Crippen molar-refractivity contribution in [2.24, 2.45) is 5.73 Å². The van der Waals surface area contributed by atoms with Crippen LogP contribution in [-0.2, 0) is 32.2 Å². The number of carboxylic acid groups (broad SMARTS) is 3. The minimum Gasteiger partial charge on any atom is -1.00 e. The number of aliphatic hydroxyl groups is 4. The quantitative estimate of drug-likeness (QED) is 0.0157. The van der Waals surface area contributed by atoms with Crippen molar-refractivity contribution in [2.75, 3.05) is 23.4 Å². The second-order valence-corrected chi connectivity index (χ2v) is 15.0. The van der Waals surface area contributed by atoms with E-state index in [0.717, 1.165) is 11.1 Å². The molecule has 5 atom stereocenters. The molecule has 2 aliphatic rings. The van der Waals surface area contributed by atoms with Gasteiger partial charge >= 0.3 is 67.5 Å². The molecule has 4 aromatic rings. The number of aliphatic hydroxyl groups excluding tert-OH is 4. The van der Waals surface area contributed by atoms with E-state index in [-0.39, 0.29) is 100 Å². The van der Waals surface area contributed by atoms with Gasteiger partial charge < -0.3 is 70.0 Å². The number of hydrogen-bond donors (Lipinski definition) is 14. The van der Waals surface area contributed by atoms with Gasteiger partial charge in [-0.15, -0.1) is 0 Å². The largest absolute Gasteiger partial charge is 2.00 e. The van der Waals surface area contributed by atoms with Crippen LogP contribution >= 0.6 is 12.6 Å². The number of rotatable bonds is 16. The zero-order valence-corrected chi connectivity index (χ0v) is 40.1. The molecular formula is C40H48CaN12O16S. The Hall–Kier alpha value is -6.70. The van der Waals surface area contributed by atoms with E-state index < -0.39 is 90.2 Å². The van der Waals surface area contributed by atoms with Crippen molar-refractivity contribution in [3.8, 4) is 11.5 Å². The number of carboxylic acids is 2. The van der Waals surface area contributed by atoms with Gasteiger partial charge in [0.25, 0.3) is 17.0 Å². The zero-order valence-electron chi connectivity index (χ0n) is 39.0. The normalized spacial score (nSPS) is 12.9. The summed E-state index contributed by atoms with van der Waals surface area (Å²) in [6.45, 7) is 2.93. The van der Waals surface area contributed by atoms with Crippen molar-refractivity contribution in [1.82, 2.24) is 44.8 Å². The molecule has 1 amide bonds. The maximum Gasteiger partial charge on any atom is 2.00 e. The van der Waals surface area contributed by atoms with Crippen molar-refractivity contribution < 1.29 is 67.3 Å². The van der Waals surface area contributed by atoms with E-state index in [1.54, 1.807) is 24.3 Å². The summed E-state index contributed by atoms with van der Waals surface area (Å²) in [4.78, 5) is 116. The van der Waals surface area contributed by atoms with Crippen LogP contribution in [0.2, 0.25) is 0 Å². The molecule has 0 radical (unpaired) electrons. The number of carbonyl (C=O) groups is 5. The van der Waals surface area contributed by atoms with Crippen molar-refractivity contribution in [3.05, 3.63) is 96.2 Å². The Morgan fingerprint density at radius 2 is 1.56 bits per heavy atom. The molecular weight excluding hydrogens is 977 g/mol. The third-order valence-electron chi connectivity index (χ3n) is 9.63. The topological polar surface area (TPSA) is 464 Å². The van der Waals surface area contributed by atoms with Crippen molar-refractivity contribution in [2.45, 2.75) is 70.2 Å². The number of ether oxygens (including phenoxy) is 1. The van der Waals surface area contributed by atoms with Gasteiger partial charge in [0, 0.05) is 23.4 Å². The Morgan fingerprint density at radius 3 is 2.14 bits per heavy atom. The van der Waals surface area contributed by atoms with E-state index in [2.05, 4.69) is 62.9 Å². The average molecular weight is 1030 g/mol. The van der Waals surface area contributed by atoms with Crippen LogP contribution in [0.1, 0.15) is 42.9 Å². The zero-order chi connectivity index (χ0) is 51.3. The van der Waals surface area contributed by atoms with Crippen LogP contribution in [0.25, 0.3) is 33.7 Å². The number of H-pyrrole nitrogens is 2. The maximum absolute atomic E-state index is 12.4. The number of esters is 1. The van der Waals surface area contributed by atoms with Crippen molar-refractivity contribution in [1.29, 1.82) is 0 Å². The minimum atomic E-state index is -1.80. The summed E-state index contributed by atoms with van der Waals surface area (Å²) in [5.74, 6) is -4.17. The van der Waals surface area contributed by atoms with Gasteiger partial charge in [0.15, 0.2) is 22.7 Å². The summed E-state index contributed by atoms with van der Waals surface area (Å²) in [6, 6.07) is 7.31. The molecule has 2 aromatic heterocycles. The number of carbonyl (C=O) groups excluding carboxylic acids is 2. The first-order valence-electron chi connectivity index (χ1n) is 20.0. The summed E-state index contributed by atoms with van der Waals surface area (Å²) >= 11 is 3.65. The van der Waals surface area contributed by atoms with Gasteiger partial charge in [-0.05, 0) is 67.8 Å². The fourth-order valence-corrected chi connectivity index (χ4v) is 6.03. The number of nitrogens with two attached hydrogens (primary N) is 2. The third-order valence-corrected chi connectivity index (χ3v) is 10.0. The molecule has 372 valence electrons. The number of aromatic amines is 2. The van der Waals surface area contributed by atoms with Gasteiger partial charge in [-0.3, -0.25) is 33.9 Å². The second kappa shape index (κ2) is 26.3. The molecule has 0 aliphatic carbocycles. The van der Waals surface area contributed by atoms with E-state index in [1.807, 2.05) is 13.8 Å². The molecule has 2 aromatic carbocycles. The van der Waals surface area contributed by atoms with Crippen molar-refractivity contribution >= 4 is 114 Å². The summed E-state index contributed by atoms with van der Waals surface area (Å²) < 4.78 is 5.30.